The first kappa shape index (κ1) is 16.4. The molecule has 0 spiro atoms. The minimum absolute atomic E-state index is 0.0815. The fourth-order valence-electron chi connectivity index (χ4n) is 1.60. The maximum Gasteiger partial charge on any atom is 0.329 e. The molecule has 0 radical (unpaired) electrons. The van der Waals surface area contributed by atoms with E-state index in [1.54, 1.807) is 24.3 Å². The van der Waals surface area contributed by atoms with E-state index in [9.17, 15) is 14.9 Å². The first-order valence-corrected chi connectivity index (χ1v) is 6.78. The van der Waals surface area contributed by atoms with Crippen LogP contribution in [0.2, 0.25) is 5.02 Å². The van der Waals surface area contributed by atoms with Crippen molar-refractivity contribution in [3.05, 3.63) is 45.6 Å². The third kappa shape index (κ3) is 4.27. The number of benzene rings is 1. The lowest BCUT2D eigenvalue weighted by Gasteiger charge is -2.11. The van der Waals surface area contributed by atoms with Crippen LogP contribution in [0.15, 0.2) is 30.5 Å². The number of hydrogen-bond donors (Lipinski definition) is 3. The number of carbonyl (C=O) groups is 1. The molecule has 0 amide bonds. The van der Waals surface area contributed by atoms with Gasteiger partial charge in [-0.05, 0) is 31.2 Å². The summed E-state index contributed by atoms with van der Waals surface area (Å²) in [6.45, 7) is 1.35. The number of carboxylic acid groups (broad SMARTS) is 1. The number of aromatic nitrogens is 2. The quantitative estimate of drug-likeness (QED) is 0.541. The van der Waals surface area contributed by atoms with Gasteiger partial charge in [-0.2, -0.15) is 4.98 Å². The summed E-state index contributed by atoms with van der Waals surface area (Å²) in [5, 5.41) is 25.8. The highest BCUT2D eigenvalue weighted by Crippen LogP contribution is 2.24. The lowest BCUT2D eigenvalue weighted by molar-refractivity contribution is -0.384. The number of nitrogens with one attached hydrogen (secondary N) is 2. The van der Waals surface area contributed by atoms with Crippen LogP contribution >= 0.6 is 11.6 Å². The molecule has 0 aliphatic rings. The normalized spacial score (nSPS) is 11.6. The molecule has 1 atom stereocenters. The molecule has 0 saturated carbocycles. The Hall–Kier alpha value is -2.94. The van der Waals surface area contributed by atoms with Crippen LogP contribution in [-0.4, -0.2) is 32.0 Å². The standard InChI is InChI=1S/C13H12ClN5O4/c1-7(12(20)21)16-11-10(19(22)23)6-15-13(18-11)17-9-4-2-8(14)3-5-9/h2-7H,1H3,(H,20,21)(H2,15,16,17,18)/t7-/m1/s1. The largest absolute Gasteiger partial charge is 0.480 e. The third-order valence-corrected chi connectivity index (χ3v) is 3.04. The fraction of sp³-hybridized carbons (Fsp3) is 0.154. The molecule has 3 N–H and O–H groups in total. The second-order valence-corrected chi connectivity index (χ2v) is 4.96. The maximum atomic E-state index is 11.0. The van der Waals surface area contributed by atoms with E-state index in [0.29, 0.717) is 10.7 Å². The van der Waals surface area contributed by atoms with Crippen LogP contribution in [0.5, 0.6) is 0 Å². The van der Waals surface area contributed by atoms with Gasteiger partial charge in [-0.1, -0.05) is 11.6 Å². The zero-order chi connectivity index (χ0) is 17.0. The molecule has 0 aliphatic heterocycles. The van der Waals surface area contributed by atoms with E-state index in [1.165, 1.54) is 6.92 Å². The van der Waals surface area contributed by atoms with Gasteiger partial charge in [0.2, 0.25) is 11.8 Å². The number of hydrogen-bond acceptors (Lipinski definition) is 7. The minimum Gasteiger partial charge on any atom is -0.480 e. The molecule has 0 aliphatic carbocycles. The molecule has 2 aromatic rings. The summed E-state index contributed by atoms with van der Waals surface area (Å²) in [6.07, 6.45) is 1.00. The van der Waals surface area contributed by atoms with Crippen LogP contribution in [0.3, 0.4) is 0 Å². The predicted octanol–water partition coefficient (Wildman–Crippen LogP) is 2.67. The molecule has 1 aromatic carbocycles. The van der Waals surface area contributed by atoms with Gasteiger partial charge in [-0.3, -0.25) is 14.9 Å². The summed E-state index contributed by atoms with van der Waals surface area (Å²) in [7, 11) is 0. The van der Waals surface area contributed by atoms with Crippen molar-refractivity contribution < 1.29 is 14.8 Å². The number of carboxylic acids is 1. The van der Waals surface area contributed by atoms with Crippen molar-refractivity contribution >= 4 is 40.7 Å². The fourth-order valence-corrected chi connectivity index (χ4v) is 1.73. The number of anilines is 3. The number of nitro groups is 1. The highest BCUT2D eigenvalue weighted by molar-refractivity contribution is 6.30. The third-order valence-electron chi connectivity index (χ3n) is 2.79. The summed E-state index contributed by atoms with van der Waals surface area (Å²) >= 11 is 5.78. The van der Waals surface area contributed by atoms with Crippen molar-refractivity contribution in [3.63, 3.8) is 0 Å². The molecule has 2 rings (SSSR count). The number of halogens is 1. The van der Waals surface area contributed by atoms with E-state index < -0.39 is 22.6 Å². The Morgan fingerprint density at radius 2 is 2.04 bits per heavy atom. The topological polar surface area (TPSA) is 130 Å². The summed E-state index contributed by atoms with van der Waals surface area (Å²) in [4.78, 5) is 29.0. The van der Waals surface area contributed by atoms with Gasteiger partial charge >= 0.3 is 11.7 Å². The van der Waals surface area contributed by atoms with Gasteiger partial charge in [0.05, 0.1) is 4.92 Å². The van der Waals surface area contributed by atoms with Crippen LogP contribution in [-0.2, 0) is 4.79 Å². The summed E-state index contributed by atoms with van der Waals surface area (Å²) in [5.41, 5.74) is 0.209. The van der Waals surface area contributed by atoms with Crippen LogP contribution in [0.25, 0.3) is 0 Å². The first-order chi connectivity index (χ1) is 10.9. The lowest BCUT2D eigenvalue weighted by atomic mass is 10.3. The minimum atomic E-state index is -1.16. The lowest BCUT2D eigenvalue weighted by Crippen LogP contribution is -2.26. The highest BCUT2D eigenvalue weighted by atomic mass is 35.5. The Balaban J connectivity index is 2.29. The molecule has 0 saturated heterocycles. The molecule has 0 bridgehead atoms. The maximum absolute atomic E-state index is 11.0. The Bertz CT molecular complexity index is 738. The summed E-state index contributed by atoms with van der Waals surface area (Å²) in [6, 6.07) is 5.62. The van der Waals surface area contributed by atoms with Crippen molar-refractivity contribution in [2.45, 2.75) is 13.0 Å². The smallest absolute Gasteiger partial charge is 0.329 e. The van der Waals surface area contributed by atoms with Crippen molar-refractivity contribution in [1.29, 1.82) is 0 Å². The van der Waals surface area contributed by atoms with Crippen molar-refractivity contribution in [2.24, 2.45) is 0 Å². The number of rotatable bonds is 6. The first-order valence-electron chi connectivity index (χ1n) is 6.40. The van der Waals surface area contributed by atoms with Gasteiger partial charge in [0.25, 0.3) is 0 Å². The monoisotopic (exact) mass is 337 g/mol. The summed E-state index contributed by atoms with van der Waals surface area (Å²) < 4.78 is 0. The Morgan fingerprint density at radius 3 is 2.61 bits per heavy atom. The van der Waals surface area contributed by atoms with E-state index in [-0.39, 0.29) is 11.8 Å². The van der Waals surface area contributed by atoms with E-state index >= 15 is 0 Å². The zero-order valence-electron chi connectivity index (χ0n) is 11.9. The van der Waals surface area contributed by atoms with Gasteiger partial charge in [0.1, 0.15) is 12.2 Å². The van der Waals surface area contributed by atoms with Gasteiger partial charge in [-0.15, -0.1) is 0 Å². The average Bonchev–Trinajstić information content (AvgIpc) is 2.49. The van der Waals surface area contributed by atoms with Crippen LogP contribution in [0, 0.1) is 10.1 Å². The van der Waals surface area contributed by atoms with E-state index in [2.05, 4.69) is 20.6 Å². The van der Waals surface area contributed by atoms with Crippen molar-refractivity contribution in [2.75, 3.05) is 10.6 Å². The zero-order valence-corrected chi connectivity index (χ0v) is 12.6. The van der Waals surface area contributed by atoms with Gasteiger partial charge in [-0.25, -0.2) is 4.98 Å². The average molecular weight is 338 g/mol. The van der Waals surface area contributed by atoms with Gasteiger partial charge < -0.3 is 15.7 Å². The Morgan fingerprint density at radius 1 is 1.39 bits per heavy atom. The Labute approximate surface area is 135 Å². The second-order valence-electron chi connectivity index (χ2n) is 4.52. The van der Waals surface area contributed by atoms with Crippen molar-refractivity contribution in [1.82, 2.24) is 9.97 Å². The van der Waals surface area contributed by atoms with E-state index in [1.807, 2.05) is 0 Å². The molecule has 10 heteroatoms. The molecule has 1 aromatic heterocycles. The molecule has 9 nitrogen and oxygen atoms in total. The number of aliphatic carboxylic acids is 1. The second kappa shape index (κ2) is 6.88. The number of nitrogens with zero attached hydrogens (tertiary/aromatic N) is 3. The van der Waals surface area contributed by atoms with Crippen LogP contribution in [0.4, 0.5) is 23.1 Å². The molecular weight excluding hydrogens is 326 g/mol. The molecule has 1 heterocycles. The van der Waals surface area contributed by atoms with Crippen molar-refractivity contribution in [3.8, 4) is 0 Å². The Kier molecular flexibility index (Phi) is 4.91. The van der Waals surface area contributed by atoms with Crippen LogP contribution < -0.4 is 10.6 Å². The van der Waals surface area contributed by atoms with E-state index in [4.69, 9.17) is 16.7 Å². The highest BCUT2D eigenvalue weighted by Gasteiger charge is 2.21. The SMILES string of the molecule is C[C@@H](Nc1nc(Nc2ccc(Cl)cc2)ncc1[N+](=O)[O-])C(=O)O. The summed E-state index contributed by atoms with van der Waals surface area (Å²) in [5.74, 6) is -1.26. The molecule has 0 unspecified atom stereocenters. The van der Waals surface area contributed by atoms with Gasteiger partial charge in [0, 0.05) is 10.7 Å². The molecule has 23 heavy (non-hydrogen) atoms. The predicted molar refractivity (Wildman–Crippen MR) is 84.1 cm³/mol. The van der Waals surface area contributed by atoms with Gasteiger partial charge in [0.15, 0.2) is 0 Å². The van der Waals surface area contributed by atoms with E-state index in [0.717, 1.165) is 6.20 Å². The molecular formula is C13H12ClN5O4. The molecule has 120 valence electrons. The molecule has 0 fully saturated rings. The van der Waals surface area contributed by atoms with Crippen LogP contribution in [0.1, 0.15) is 6.92 Å².